The van der Waals surface area contributed by atoms with E-state index >= 15 is 0 Å². The van der Waals surface area contributed by atoms with Gasteiger partial charge in [-0.05, 0) is 46.7 Å². The maximum Gasteiger partial charge on any atom is 0.248 e. The number of nitrogens with zero attached hydrogens (tertiary/aromatic N) is 4. The Morgan fingerprint density at radius 2 is 1.96 bits per heavy atom. The first-order chi connectivity index (χ1) is 11.2. The summed E-state index contributed by atoms with van der Waals surface area (Å²) in [5, 5.41) is 16.0. The summed E-state index contributed by atoms with van der Waals surface area (Å²) in [5.41, 5.74) is 4.36. The van der Waals surface area contributed by atoms with Crippen molar-refractivity contribution in [1.29, 1.82) is 0 Å². The second-order valence-electron chi connectivity index (χ2n) is 5.52. The summed E-state index contributed by atoms with van der Waals surface area (Å²) in [7, 11) is 0. The second kappa shape index (κ2) is 5.52. The molecule has 0 bridgehead atoms. The highest BCUT2D eigenvalue weighted by Crippen LogP contribution is 2.32. The van der Waals surface area contributed by atoms with Crippen LogP contribution in [0.4, 0.5) is 5.95 Å². The summed E-state index contributed by atoms with van der Waals surface area (Å²) in [6.07, 6.45) is 2.13. The van der Waals surface area contributed by atoms with Crippen molar-refractivity contribution in [3.8, 4) is 0 Å². The molecule has 1 aromatic heterocycles. The molecular weight excluding hydrogens is 310 g/mol. The molecule has 0 radical (unpaired) electrons. The lowest BCUT2D eigenvalue weighted by Gasteiger charge is -2.23. The Labute approximate surface area is 138 Å². The zero-order valence-corrected chi connectivity index (χ0v) is 13.2. The zero-order valence-electron chi connectivity index (χ0n) is 12.4. The average Bonchev–Trinajstić information content (AvgIpc) is 3.03. The molecule has 0 saturated heterocycles. The fourth-order valence-electron chi connectivity index (χ4n) is 2.74. The van der Waals surface area contributed by atoms with Crippen molar-refractivity contribution in [1.82, 2.24) is 20.2 Å². The number of aromatic nitrogens is 4. The predicted octanol–water partition coefficient (Wildman–Crippen LogP) is 3.69. The Morgan fingerprint density at radius 1 is 1.13 bits per heavy atom. The van der Waals surface area contributed by atoms with Crippen LogP contribution in [0.5, 0.6) is 0 Å². The van der Waals surface area contributed by atoms with E-state index in [4.69, 9.17) is 11.6 Å². The van der Waals surface area contributed by atoms with Crippen molar-refractivity contribution < 1.29 is 0 Å². The number of aryl methyl sites for hydroxylation is 1. The normalized spacial score (nSPS) is 16.4. The number of tetrazole rings is 1. The Bertz CT molecular complexity index is 882. The van der Waals surface area contributed by atoms with Gasteiger partial charge in [0.1, 0.15) is 6.04 Å². The van der Waals surface area contributed by atoms with Gasteiger partial charge >= 0.3 is 0 Å². The maximum absolute atomic E-state index is 5.98. The average molecular weight is 324 g/mol. The lowest BCUT2D eigenvalue weighted by molar-refractivity contribution is 0.585. The fourth-order valence-corrected chi connectivity index (χ4v) is 2.87. The minimum absolute atomic E-state index is 0.0492. The van der Waals surface area contributed by atoms with Crippen LogP contribution in [0.1, 0.15) is 22.7 Å². The Balaban J connectivity index is 1.81. The van der Waals surface area contributed by atoms with E-state index in [1.807, 2.05) is 30.3 Å². The number of fused-ring (bicyclic) bond motifs is 1. The third-order valence-electron chi connectivity index (χ3n) is 3.87. The molecule has 0 saturated carbocycles. The lowest BCUT2D eigenvalue weighted by Crippen LogP contribution is -2.20. The molecule has 1 aliphatic heterocycles. The van der Waals surface area contributed by atoms with Gasteiger partial charge < -0.3 is 5.32 Å². The Morgan fingerprint density at radius 3 is 2.74 bits per heavy atom. The summed E-state index contributed by atoms with van der Waals surface area (Å²) in [5.74, 6) is 0.629. The molecule has 114 valence electrons. The van der Waals surface area contributed by atoms with E-state index in [-0.39, 0.29) is 6.04 Å². The number of anilines is 1. The highest BCUT2D eigenvalue weighted by Gasteiger charge is 2.24. The third kappa shape index (κ3) is 2.59. The van der Waals surface area contributed by atoms with E-state index < -0.39 is 0 Å². The van der Waals surface area contributed by atoms with Crippen LogP contribution in [-0.2, 0) is 0 Å². The number of nitrogens with one attached hydrogen (secondary N) is 1. The third-order valence-corrected chi connectivity index (χ3v) is 4.12. The molecule has 1 atom stereocenters. The van der Waals surface area contributed by atoms with Crippen LogP contribution in [0.2, 0.25) is 5.02 Å². The largest absolute Gasteiger partial charge is 0.323 e. The maximum atomic E-state index is 5.98. The van der Waals surface area contributed by atoms with Gasteiger partial charge in [0.25, 0.3) is 0 Å². The van der Waals surface area contributed by atoms with Crippen LogP contribution < -0.4 is 5.32 Å². The smallest absolute Gasteiger partial charge is 0.248 e. The van der Waals surface area contributed by atoms with E-state index in [0.717, 1.165) is 16.8 Å². The quantitative estimate of drug-likeness (QED) is 0.781. The standard InChI is InChI=1S/C17H14ClN5/c1-11-3-2-4-13(9-11)16-10-15(12-5-7-14(18)8-6-12)19-17-20-21-22-23(16)17/h2-10,16H,1H3,(H,19,20,22)/t16-/m1/s1. The molecule has 0 spiro atoms. The van der Waals surface area contributed by atoms with Crippen LogP contribution in [0.3, 0.4) is 0 Å². The molecule has 4 rings (SSSR count). The van der Waals surface area contributed by atoms with Gasteiger partial charge in [0.2, 0.25) is 5.95 Å². The van der Waals surface area contributed by atoms with Crippen LogP contribution in [0, 0.1) is 6.92 Å². The van der Waals surface area contributed by atoms with E-state index in [9.17, 15) is 0 Å². The number of hydrogen-bond donors (Lipinski definition) is 1. The van der Waals surface area contributed by atoms with Crippen LogP contribution in [0.15, 0.2) is 54.6 Å². The van der Waals surface area contributed by atoms with Crippen molar-refractivity contribution in [3.05, 3.63) is 76.3 Å². The molecule has 2 aromatic carbocycles. The minimum atomic E-state index is -0.0492. The van der Waals surface area contributed by atoms with Gasteiger partial charge in [-0.15, -0.1) is 0 Å². The minimum Gasteiger partial charge on any atom is -0.323 e. The lowest BCUT2D eigenvalue weighted by atomic mass is 10.0. The SMILES string of the molecule is Cc1cccc([C@H]2C=C(c3ccc(Cl)cc3)Nc3nnnn32)c1. The molecule has 0 aliphatic carbocycles. The molecule has 0 fully saturated rings. The van der Waals surface area contributed by atoms with Crippen molar-refractivity contribution in [2.24, 2.45) is 0 Å². The van der Waals surface area contributed by atoms with Crippen LogP contribution in [0.25, 0.3) is 5.70 Å². The molecular formula is C17H14ClN5. The molecule has 5 nitrogen and oxygen atoms in total. The number of halogens is 1. The van der Waals surface area contributed by atoms with E-state index in [1.54, 1.807) is 4.68 Å². The summed E-state index contributed by atoms with van der Waals surface area (Å²) < 4.78 is 1.79. The molecule has 0 amide bonds. The first-order valence-electron chi connectivity index (χ1n) is 7.30. The number of rotatable bonds is 2. The Hall–Kier alpha value is -2.66. The monoisotopic (exact) mass is 323 g/mol. The highest BCUT2D eigenvalue weighted by atomic mass is 35.5. The topological polar surface area (TPSA) is 55.6 Å². The number of hydrogen-bond acceptors (Lipinski definition) is 4. The predicted molar refractivity (Wildman–Crippen MR) is 90.2 cm³/mol. The van der Waals surface area contributed by atoms with Gasteiger partial charge in [-0.25, -0.2) is 0 Å². The van der Waals surface area contributed by atoms with E-state index in [1.165, 1.54) is 5.56 Å². The highest BCUT2D eigenvalue weighted by molar-refractivity contribution is 6.30. The molecule has 6 heteroatoms. The first-order valence-corrected chi connectivity index (χ1v) is 7.68. The van der Waals surface area contributed by atoms with Gasteiger partial charge in [-0.1, -0.05) is 58.7 Å². The summed E-state index contributed by atoms with van der Waals surface area (Å²) in [4.78, 5) is 0. The van der Waals surface area contributed by atoms with Crippen molar-refractivity contribution >= 4 is 23.2 Å². The van der Waals surface area contributed by atoms with Gasteiger partial charge in [0, 0.05) is 10.7 Å². The van der Waals surface area contributed by atoms with Crippen molar-refractivity contribution in [2.75, 3.05) is 5.32 Å². The zero-order chi connectivity index (χ0) is 15.8. The fraction of sp³-hybridized carbons (Fsp3) is 0.118. The molecule has 2 heterocycles. The summed E-state index contributed by atoms with van der Waals surface area (Å²) >= 11 is 5.98. The molecule has 23 heavy (non-hydrogen) atoms. The molecule has 1 N–H and O–H groups in total. The van der Waals surface area contributed by atoms with E-state index in [0.29, 0.717) is 11.0 Å². The van der Waals surface area contributed by atoms with Crippen LogP contribution in [-0.4, -0.2) is 20.2 Å². The van der Waals surface area contributed by atoms with Crippen molar-refractivity contribution in [2.45, 2.75) is 13.0 Å². The van der Waals surface area contributed by atoms with Gasteiger partial charge in [0.05, 0.1) is 0 Å². The molecule has 3 aromatic rings. The van der Waals surface area contributed by atoms with Crippen LogP contribution >= 0.6 is 11.6 Å². The number of allylic oxidation sites excluding steroid dienone is 1. The molecule has 0 unspecified atom stereocenters. The second-order valence-corrected chi connectivity index (χ2v) is 5.95. The first kappa shape index (κ1) is 14.0. The number of benzene rings is 2. The van der Waals surface area contributed by atoms with E-state index in [2.05, 4.69) is 52.0 Å². The Kier molecular flexibility index (Phi) is 3.35. The summed E-state index contributed by atoms with van der Waals surface area (Å²) in [6.45, 7) is 2.08. The molecule has 1 aliphatic rings. The van der Waals surface area contributed by atoms with Gasteiger partial charge in [-0.3, -0.25) is 0 Å². The van der Waals surface area contributed by atoms with Gasteiger partial charge in [0.15, 0.2) is 0 Å². The summed E-state index contributed by atoms with van der Waals surface area (Å²) in [6, 6.07) is 16.0. The van der Waals surface area contributed by atoms with Crippen molar-refractivity contribution in [3.63, 3.8) is 0 Å². The van der Waals surface area contributed by atoms with Gasteiger partial charge in [-0.2, -0.15) is 4.68 Å².